The van der Waals surface area contributed by atoms with Crippen molar-refractivity contribution >= 4 is 20.9 Å². The molecule has 174 valence electrons. The molecule has 0 aliphatic heterocycles. The summed E-state index contributed by atoms with van der Waals surface area (Å²) in [5.74, 6) is 0.345. The maximum atomic E-state index is 13.2. The molecule has 2 aromatic carbocycles. The van der Waals surface area contributed by atoms with E-state index >= 15 is 0 Å². The fraction of sp³-hybridized carbons (Fsp3) is 0.381. The minimum atomic E-state index is -4.58. The van der Waals surface area contributed by atoms with Crippen LogP contribution in [0.4, 0.5) is 13.2 Å². The Balaban J connectivity index is 2.29. The van der Waals surface area contributed by atoms with Gasteiger partial charge in [-0.05, 0) is 42.8 Å². The number of halogens is 3. The van der Waals surface area contributed by atoms with Gasteiger partial charge in [0.05, 0.1) is 42.1 Å². The third-order valence-electron chi connectivity index (χ3n) is 5.06. The highest BCUT2D eigenvalue weighted by atomic mass is 32.2. The van der Waals surface area contributed by atoms with E-state index in [1.54, 1.807) is 25.1 Å². The van der Waals surface area contributed by atoms with E-state index in [4.69, 9.17) is 9.47 Å². The van der Waals surface area contributed by atoms with Gasteiger partial charge in [0.15, 0.2) is 11.5 Å². The number of rotatable bonds is 7. The minimum Gasteiger partial charge on any atom is -0.493 e. The summed E-state index contributed by atoms with van der Waals surface area (Å²) in [5.41, 5.74) is -0.869. The van der Waals surface area contributed by atoms with E-state index in [1.807, 2.05) is 0 Å². The number of methoxy groups -OCH3 is 1. The van der Waals surface area contributed by atoms with E-state index in [2.05, 4.69) is 0 Å². The van der Waals surface area contributed by atoms with Gasteiger partial charge >= 0.3 is 11.9 Å². The Bertz CT molecular complexity index is 1310. The van der Waals surface area contributed by atoms with E-state index in [1.165, 1.54) is 24.8 Å². The second-order valence-corrected chi connectivity index (χ2v) is 9.55. The summed E-state index contributed by atoms with van der Waals surface area (Å²) in [7, 11) is -0.786. The summed E-state index contributed by atoms with van der Waals surface area (Å²) in [5, 5.41) is 0. The molecule has 1 atom stereocenters. The van der Waals surface area contributed by atoms with Gasteiger partial charge in [-0.1, -0.05) is 6.07 Å². The van der Waals surface area contributed by atoms with Crippen molar-refractivity contribution < 1.29 is 31.1 Å². The maximum absolute atomic E-state index is 13.2. The number of aryl methyl sites for hydroxylation is 1. The van der Waals surface area contributed by atoms with E-state index < -0.39 is 39.1 Å². The Morgan fingerprint density at radius 2 is 1.75 bits per heavy atom. The van der Waals surface area contributed by atoms with Gasteiger partial charge in [-0.15, -0.1) is 0 Å². The third-order valence-corrected chi connectivity index (χ3v) is 5.98. The Hall–Kier alpha value is -2.95. The number of hydrogen-bond acceptors (Lipinski definition) is 5. The molecule has 0 unspecified atom stereocenters. The molecule has 3 rings (SSSR count). The van der Waals surface area contributed by atoms with Crippen LogP contribution in [0.5, 0.6) is 11.5 Å². The lowest BCUT2D eigenvalue weighted by Crippen LogP contribution is -2.30. The zero-order valence-electron chi connectivity index (χ0n) is 17.9. The quantitative estimate of drug-likeness (QED) is 0.527. The van der Waals surface area contributed by atoms with Crippen molar-refractivity contribution in [3.63, 3.8) is 0 Å². The molecule has 0 aliphatic rings. The molecule has 0 N–H and O–H groups in total. The number of hydrogen-bond donors (Lipinski definition) is 0. The van der Waals surface area contributed by atoms with Crippen molar-refractivity contribution in [3.05, 3.63) is 58.0 Å². The van der Waals surface area contributed by atoms with Crippen molar-refractivity contribution in [1.82, 2.24) is 9.13 Å². The normalized spacial score (nSPS) is 13.3. The number of alkyl halides is 3. The van der Waals surface area contributed by atoms with Crippen LogP contribution in [0.1, 0.15) is 24.1 Å². The van der Waals surface area contributed by atoms with E-state index in [9.17, 15) is 26.4 Å². The van der Waals surface area contributed by atoms with Gasteiger partial charge in [-0.25, -0.2) is 13.2 Å². The highest BCUT2D eigenvalue weighted by Gasteiger charge is 2.32. The van der Waals surface area contributed by atoms with Crippen LogP contribution >= 0.6 is 0 Å². The van der Waals surface area contributed by atoms with Crippen molar-refractivity contribution in [1.29, 1.82) is 0 Å². The van der Waals surface area contributed by atoms with Gasteiger partial charge in [0.25, 0.3) is 0 Å². The van der Waals surface area contributed by atoms with Crippen LogP contribution in [-0.4, -0.2) is 43.3 Å². The number of fused-ring (bicyclic) bond motifs is 1. The van der Waals surface area contributed by atoms with Crippen molar-refractivity contribution in [2.75, 3.05) is 25.7 Å². The zero-order valence-corrected chi connectivity index (χ0v) is 18.7. The molecule has 32 heavy (non-hydrogen) atoms. The monoisotopic (exact) mass is 472 g/mol. The first kappa shape index (κ1) is 23.7. The summed E-state index contributed by atoms with van der Waals surface area (Å²) in [6, 6.07) is 6.71. The van der Waals surface area contributed by atoms with Gasteiger partial charge < -0.3 is 9.47 Å². The summed E-state index contributed by atoms with van der Waals surface area (Å²) in [4.78, 5) is 13.1. The largest absolute Gasteiger partial charge is 0.493 e. The summed E-state index contributed by atoms with van der Waals surface area (Å²) < 4.78 is 77.1. The molecule has 0 radical (unpaired) electrons. The maximum Gasteiger partial charge on any atom is 0.416 e. The van der Waals surface area contributed by atoms with Crippen LogP contribution in [0.25, 0.3) is 11.0 Å². The summed E-state index contributed by atoms with van der Waals surface area (Å²) in [6.07, 6.45) is -3.55. The van der Waals surface area contributed by atoms with Crippen LogP contribution in [0.3, 0.4) is 0 Å². The molecule has 0 amide bonds. The standard InChI is InChI=1S/C21H23F3N2O5S/c1-5-31-19-10-13(6-9-18(19)30-3)17(12-32(4,28)29)26-15-8-7-14(21(22,23)24)11-16(15)25(2)20(26)27/h6-11,17H,5,12H2,1-4H3/t17-/m1/s1. The number of ether oxygens (including phenoxy) is 2. The molecule has 0 saturated heterocycles. The first-order valence-corrected chi connectivity index (χ1v) is 11.7. The van der Waals surface area contributed by atoms with Crippen LogP contribution in [0.15, 0.2) is 41.2 Å². The van der Waals surface area contributed by atoms with E-state index in [-0.39, 0.29) is 11.0 Å². The number of benzene rings is 2. The predicted octanol–water partition coefficient (Wildman–Crippen LogP) is 3.40. The van der Waals surface area contributed by atoms with Gasteiger partial charge in [-0.2, -0.15) is 13.2 Å². The molecule has 7 nitrogen and oxygen atoms in total. The smallest absolute Gasteiger partial charge is 0.416 e. The van der Waals surface area contributed by atoms with Crippen LogP contribution in [0.2, 0.25) is 0 Å². The number of nitrogens with zero attached hydrogens (tertiary/aromatic N) is 2. The summed E-state index contributed by atoms with van der Waals surface area (Å²) in [6.45, 7) is 2.10. The average molecular weight is 472 g/mol. The Morgan fingerprint density at radius 3 is 2.31 bits per heavy atom. The molecule has 0 fully saturated rings. The fourth-order valence-electron chi connectivity index (χ4n) is 3.62. The molecule has 1 heterocycles. The Labute approximate surface area is 182 Å². The molecule has 0 aliphatic carbocycles. The van der Waals surface area contributed by atoms with Gasteiger partial charge in [0, 0.05) is 13.3 Å². The van der Waals surface area contributed by atoms with Gasteiger partial charge in [0.2, 0.25) is 0 Å². The lowest BCUT2D eigenvalue weighted by molar-refractivity contribution is -0.137. The lowest BCUT2D eigenvalue weighted by atomic mass is 10.1. The lowest BCUT2D eigenvalue weighted by Gasteiger charge is -2.20. The molecular formula is C21H23F3N2O5S. The third kappa shape index (κ3) is 4.62. The molecule has 0 bridgehead atoms. The first-order valence-electron chi connectivity index (χ1n) is 9.64. The van der Waals surface area contributed by atoms with E-state index in [0.717, 1.165) is 23.0 Å². The molecule has 0 saturated carbocycles. The Kier molecular flexibility index (Phi) is 6.32. The number of aromatic nitrogens is 2. The SMILES string of the molecule is CCOc1cc([C@@H](CS(C)(=O)=O)n2c(=O)n(C)c3cc(C(F)(F)F)ccc32)ccc1OC. The average Bonchev–Trinajstić information content (AvgIpc) is 2.95. The van der Waals surface area contributed by atoms with Crippen molar-refractivity contribution in [3.8, 4) is 11.5 Å². The Morgan fingerprint density at radius 1 is 1.06 bits per heavy atom. The highest BCUT2D eigenvalue weighted by molar-refractivity contribution is 7.90. The predicted molar refractivity (Wildman–Crippen MR) is 114 cm³/mol. The van der Waals surface area contributed by atoms with Gasteiger partial charge in [-0.3, -0.25) is 9.13 Å². The molecule has 11 heteroatoms. The van der Waals surface area contributed by atoms with E-state index in [0.29, 0.717) is 23.7 Å². The molecule has 3 aromatic rings. The molecule has 1 aromatic heterocycles. The van der Waals surface area contributed by atoms with Crippen LogP contribution in [0, 0.1) is 0 Å². The van der Waals surface area contributed by atoms with Crippen LogP contribution < -0.4 is 15.2 Å². The van der Waals surface area contributed by atoms with Crippen molar-refractivity contribution in [2.45, 2.75) is 19.1 Å². The second kappa shape index (κ2) is 8.53. The highest BCUT2D eigenvalue weighted by Crippen LogP contribution is 2.35. The number of imidazole rings is 1. The minimum absolute atomic E-state index is 0.0434. The topological polar surface area (TPSA) is 79.5 Å². The number of sulfone groups is 1. The van der Waals surface area contributed by atoms with Crippen LogP contribution in [-0.2, 0) is 23.1 Å². The zero-order chi connectivity index (χ0) is 23.8. The molecular weight excluding hydrogens is 449 g/mol. The second-order valence-electron chi connectivity index (χ2n) is 7.36. The van der Waals surface area contributed by atoms with Gasteiger partial charge in [0.1, 0.15) is 9.84 Å². The summed E-state index contributed by atoms with van der Waals surface area (Å²) >= 11 is 0. The molecule has 0 spiro atoms. The van der Waals surface area contributed by atoms with Crippen molar-refractivity contribution in [2.24, 2.45) is 7.05 Å². The first-order chi connectivity index (χ1) is 14.9. The fourth-order valence-corrected chi connectivity index (χ4v) is 4.53.